The molecule has 0 aromatic rings. The highest BCUT2D eigenvalue weighted by atomic mass is 16.4. The van der Waals surface area contributed by atoms with Gasteiger partial charge < -0.3 is 37.6 Å². The highest BCUT2D eigenvalue weighted by Crippen LogP contribution is 2.02. The number of carboxylic acids is 1. The zero-order valence-corrected chi connectivity index (χ0v) is 15.0. The van der Waals surface area contributed by atoms with Crippen molar-refractivity contribution in [1.82, 2.24) is 16.0 Å². The third-order valence-corrected chi connectivity index (χ3v) is 3.57. The molecule has 0 fully saturated rings. The molecule has 0 aliphatic rings. The number of amides is 3. The molecule has 4 unspecified atom stereocenters. The van der Waals surface area contributed by atoms with Crippen molar-refractivity contribution in [2.45, 2.75) is 57.3 Å². The van der Waals surface area contributed by atoms with E-state index in [-0.39, 0.29) is 6.42 Å². The van der Waals surface area contributed by atoms with Crippen LogP contribution in [0.4, 0.5) is 0 Å². The standard InChI is InChI=1S/C15H29N5O6/c1-8(15(25)26)19-13(23)10(5-3-4-6-16)20-11(22)7-18-14(24)12(17)9(2)21/h8-10,12,21H,3-7,16-17H2,1-2H3,(H,18,24)(H,19,23)(H,20,22)(H,25,26). The summed E-state index contributed by atoms with van der Waals surface area (Å²) in [5.74, 6) is -3.20. The summed E-state index contributed by atoms with van der Waals surface area (Å²) < 4.78 is 0. The number of rotatable bonds is 12. The van der Waals surface area contributed by atoms with Crippen molar-refractivity contribution in [3.05, 3.63) is 0 Å². The summed E-state index contributed by atoms with van der Waals surface area (Å²) in [7, 11) is 0. The topological polar surface area (TPSA) is 197 Å². The summed E-state index contributed by atoms with van der Waals surface area (Å²) >= 11 is 0. The Labute approximate surface area is 151 Å². The Hall–Kier alpha value is -2.24. The van der Waals surface area contributed by atoms with Gasteiger partial charge in [0.15, 0.2) is 0 Å². The van der Waals surface area contributed by atoms with E-state index in [0.717, 1.165) is 0 Å². The van der Waals surface area contributed by atoms with E-state index in [9.17, 15) is 24.3 Å². The Bertz CT molecular complexity index is 499. The predicted molar refractivity (Wildman–Crippen MR) is 92.7 cm³/mol. The molecule has 26 heavy (non-hydrogen) atoms. The van der Waals surface area contributed by atoms with E-state index >= 15 is 0 Å². The first-order valence-electron chi connectivity index (χ1n) is 8.34. The Morgan fingerprint density at radius 2 is 1.65 bits per heavy atom. The lowest BCUT2D eigenvalue weighted by molar-refractivity contribution is -0.141. The number of nitrogens with two attached hydrogens (primary N) is 2. The highest BCUT2D eigenvalue weighted by molar-refractivity contribution is 5.92. The van der Waals surface area contributed by atoms with E-state index in [2.05, 4.69) is 16.0 Å². The second-order valence-electron chi connectivity index (χ2n) is 5.96. The van der Waals surface area contributed by atoms with Crippen LogP contribution in [0.3, 0.4) is 0 Å². The molecule has 0 saturated heterocycles. The van der Waals surface area contributed by atoms with E-state index in [0.29, 0.717) is 19.4 Å². The Balaban J connectivity index is 4.69. The number of carbonyl (C=O) groups is 4. The number of aliphatic hydroxyl groups is 1. The summed E-state index contributed by atoms with van der Waals surface area (Å²) in [5, 5.41) is 25.1. The summed E-state index contributed by atoms with van der Waals surface area (Å²) in [6.45, 7) is 2.62. The first kappa shape index (κ1) is 23.8. The maximum atomic E-state index is 12.2. The molecule has 0 spiro atoms. The molecule has 3 amide bonds. The molecule has 0 aromatic heterocycles. The van der Waals surface area contributed by atoms with Crippen LogP contribution in [0, 0.1) is 0 Å². The van der Waals surface area contributed by atoms with Gasteiger partial charge in [-0.15, -0.1) is 0 Å². The molecular formula is C15H29N5O6. The van der Waals surface area contributed by atoms with Crippen LogP contribution >= 0.6 is 0 Å². The van der Waals surface area contributed by atoms with Gasteiger partial charge in [-0.2, -0.15) is 0 Å². The molecule has 0 radical (unpaired) electrons. The first-order chi connectivity index (χ1) is 12.1. The van der Waals surface area contributed by atoms with Crippen LogP contribution in [0.25, 0.3) is 0 Å². The molecule has 0 aliphatic carbocycles. The minimum Gasteiger partial charge on any atom is -0.480 e. The number of aliphatic carboxylic acids is 1. The van der Waals surface area contributed by atoms with Gasteiger partial charge in [0.25, 0.3) is 0 Å². The van der Waals surface area contributed by atoms with Crippen molar-refractivity contribution in [3.63, 3.8) is 0 Å². The normalized spacial score (nSPS) is 15.3. The monoisotopic (exact) mass is 375 g/mol. The van der Waals surface area contributed by atoms with Crippen molar-refractivity contribution in [2.24, 2.45) is 11.5 Å². The zero-order valence-electron chi connectivity index (χ0n) is 15.0. The van der Waals surface area contributed by atoms with Gasteiger partial charge >= 0.3 is 5.97 Å². The van der Waals surface area contributed by atoms with Crippen molar-refractivity contribution >= 4 is 23.7 Å². The number of carboxylic acid groups (broad SMARTS) is 1. The van der Waals surface area contributed by atoms with Crippen molar-refractivity contribution in [2.75, 3.05) is 13.1 Å². The Kier molecular flexibility index (Phi) is 11.1. The molecule has 11 nitrogen and oxygen atoms in total. The third-order valence-electron chi connectivity index (χ3n) is 3.57. The van der Waals surface area contributed by atoms with Crippen LogP contribution in [-0.2, 0) is 19.2 Å². The lowest BCUT2D eigenvalue weighted by Gasteiger charge is -2.20. The zero-order chi connectivity index (χ0) is 20.3. The fourth-order valence-electron chi connectivity index (χ4n) is 1.89. The van der Waals surface area contributed by atoms with E-state index in [1.165, 1.54) is 13.8 Å². The van der Waals surface area contributed by atoms with E-state index in [1.807, 2.05) is 0 Å². The molecular weight excluding hydrogens is 346 g/mol. The second-order valence-corrected chi connectivity index (χ2v) is 5.96. The number of aliphatic hydroxyl groups excluding tert-OH is 1. The van der Waals surface area contributed by atoms with Crippen molar-refractivity contribution in [3.8, 4) is 0 Å². The van der Waals surface area contributed by atoms with Gasteiger partial charge in [-0.3, -0.25) is 19.2 Å². The maximum Gasteiger partial charge on any atom is 0.325 e. The fraction of sp³-hybridized carbons (Fsp3) is 0.733. The van der Waals surface area contributed by atoms with Gasteiger partial charge in [0.2, 0.25) is 17.7 Å². The molecule has 150 valence electrons. The number of carbonyl (C=O) groups excluding carboxylic acids is 3. The largest absolute Gasteiger partial charge is 0.480 e. The van der Waals surface area contributed by atoms with E-state index in [4.69, 9.17) is 16.6 Å². The van der Waals surface area contributed by atoms with Gasteiger partial charge in [-0.05, 0) is 39.7 Å². The smallest absolute Gasteiger partial charge is 0.325 e. The van der Waals surface area contributed by atoms with Gasteiger partial charge in [0, 0.05) is 0 Å². The molecule has 0 saturated carbocycles. The molecule has 0 aromatic carbocycles. The summed E-state index contributed by atoms with van der Waals surface area (Å²) in [4.78, 5) is 46.6. The first-order valence-corrected chi connectivity index (χ1v) is 8.34. The fourth-order valence-corrected chi connectivity index (χ4v) is 1.89. The highest BCUT2D eigenvalue weighted by Gasteiger charge is 2.24. The average Bonchev–Trinajstić information content (AvgIpc) is 2.57. The van der Waals surface area contributed by atoms with E-state index in [1.54, 1.807) is 0 Å². The van der Waals surface area contributed by atoms with Crippen LogP contribution in [-0.4, -0.2) is 71.2 Å². The minimum atomic E-state index is -1.20. The number of hydrogen-bond acceptors (Lipinski definition) is 7. The van der Waals surface area contributed by atoms with E-state index < -0.39 is 54.5 Å². The number of unbranched alkanes of at least 4 members (excludes halogenated alkanes) is 1. The second kappa shape index (κ2) is 12.2. The minimum absolute atomic E-state index is 0.266. The third kappa shape index (κ3) is 9.30. The molecule has 9 N–H and O–H groups in total. The molecule has 0 rings (SSSR count). The van der Waals surface area contributed by atoms with Crippen molar-refractivity contribution < 1.29 is 29.4 Å². The summed E-state index contributed by atoms with van der Waals surface area (Å²) in [5.41, 5.74) is 10.8. The Morgan fingerprint density at radius 3 is 2.15 bits per heavy atom. The lowest BCUT2D eigenvalue weighted by atomic mass is 10.1. The summed E-state index contributed by atoms with van der Waals surface area (Å²) in [6, 6.07) is -3.25. The number of nitrogens with one attached hydrogen (secondary N) is 3. The van der Waals surface area contributed by atoms with Crippen LogP contribution in [0.15, 0.2) is 0 Å². The molecule has 0 bridgehead atoms. The quantitative estimate of drug-likeness (QED) is 0.175. The van der Waals surface area contributed by atoms with Gasteiger partial charge in [-0.1, -0.05) is 0 Å². The molecule has 4 atom stereocenters. The maximum absolute atomic E-state index is 12.2. The summed E-state index contributed by atoms with van der Waals surface area (Å²) in [6.07, 6.45) is 0.372. The van der Waals surface area contributed by atoms with Crippen LogP contribution in [0.5, 0.6) is 0 Å². The number of hydrogen-bond donors (Lipinski definition) is 7. The van der Waals surface area contributed by atoms with Crippen LogP contribution in [0.2, 0.25) is 0 Å². The molecule has 0 aliphatic heterocycles. The Morgan fingerprint density at radius 1 is 1.04 bits per heavy atom. The van der Waals surface area contributed by atoms with Crippen LogP contribution in [0.1, 0.15) is 33.1 Å². The lowest BCUT2D eigenvalue weighted by Crippen LogP contribution is -2.54. The molecule has 11 heteroatoms. The van der Waals surface area contributed by atoms with Gasteiger partial charge in [0.1, 0.15) is 18.1 Å². The van der Waals surface area contributed by atoms with Gasteiger partial charge in [-0.25, -0.2) is 0 Å². The van der Waals surface area contributed by atoms with Gasteiger partial charge in [0.05, 0.1) is 12.6 Å². The van der Waals surface area contributed by atoms with Crippen molar-refractivity contribution in [1.29, 1.82) is 0 Å². The predicted octanol–water partition coefficient (Wildman–Crippen LogP) is -2.99. The molecule has 0 heterocycles. The average molecular weight is 375 g/mol. The van der Waals surface area contributed by atoms with Crippen LogP contribution < -0.4 is 27.4 Å². The SMILES string of the molecule is CC(NC(=O)C(CCCCN)NC(=O)CNC(=O)C(N)C(C)O)C(=O)O.